The Morgan fingerprint density at radius 2 is 0.741 bits per heavy atom. The Morgan fingerprint density at radius 1 is 0.556 bits per heavy atom. The first kappa shape index (κ1) is 23.3. The second-order valence-corrected chi connectivity index (χ2v) is 6.71. The molecule has 9 heteroatoms. The van der Waals surface area contributed by atoms with Crippen LogP contribution in [0, 0.1) is 0 Å². The molecule has 0 N–H and O–H groups in total. The van der Waals surface area contributed by atoms with Crippen molar-refractivity contribution in [3.05, 3.63) is 0 Å². The molecule has 0 spiro atoms. The van der Waals surface area contributed by atoms with Crippen LogP contribution in [0.3, 0.4) is 0 Å². The summed E-state index contributed by atoms with van der Waals surface area (Å²) in [5.74, 6) is -0.932. The van der Waals surface area contributed by atoms with E-state index in [0.717, 1.165) is 0 Å². The minimum Gasteiger partial charge on any atom is -0.468 e. The highest BCUT2D eigenvalue weighted by Crippen LogP contribution is 2.11. The molecule has 1 rings (SSSR count). The van der Waals surface area contributed by atoms with Crippen LogP contribution in [0.15, 0.2) is 0 Å². The van der Waals surface area contributed by atoms with E-state index in [4.69, 9.17) is 14.2 Å². The van der Waals surface area contributed by atoms with Gasteiger partial charge in [-0.2, -0.15) is 0 Å². The molecule has 0 radical (unpaired) electrons. The van der Waals surface area contributed by atoms with E-state index < -0.39 is 18.1 Å². The Balaban J connectivity index is 3.01. The molecule has 1 aliphatic heterocycles. The second kappa shape index (κ2) is 11.2. The Bertz CT molecular complexity index is 432. The van der Waals surface area contributed by atoms with Crippen LogP contribution < -0.4 is 0 Å². The summed E-state index contributed by atoms with van der Waals surface area (Å²) < 4.78 is 14.6. The fourth-order valence-electron chi connectivity index (χ4n) is 3.23. The highest BCUT2D eigenvalue weighted by atomic mass is 16.5. The molecule has 1 heterocycles. The largest absolute Gasteiger partial charge is 0.468 e. The lowest BCUT2D eigenvalue weighted by atomic mass is 10.2. The van der Waals surface area contributed by atoms with Gasteiger partial charge >= 0.3 is 17.9 Å². The van der Waals surface area contributed by atoms with E-state index in [1.165, 1.54) is 21.3 Å². The number of hydrogen-bond acceptors (Lipinski definition) is 9. The Morgan fingerprint density at radius 3 is 0.889 bits per heavy atom. The fraction of sp³-hybridized carbons (Fsp3) is 0.833. The summed E-state index contributed by atoms with van der Waals surface area (Å²) >= 11 is 0. The van der Waals surface area contributed by atoms with E-state index >= 15 is 0 Å². The maximum atomic E-state index is 12.0. The van der Waals surface area contributed by atoms with E-state index in [0.29, 0.717) is 39.3 Å². The van der Waals surface area contributed by atoms with E-state index in [9.17, 15) is 14.4 Å². The van der Waals surface area contributed by atoms with Crippen LogP contribution in [0.4, 0.5) is 0 Å². The molecule has 1 aliphatic rings. The minimum atomic E-state index is -0.418. The SMILES string of the molecule is COC(=O)[C@@H](C)N1CCN([C@H](C)C(=O)OC)CCN([C@H](C)C(=O)OC)CC1. The van der Waals surface area contributed by atoms with Gasteiger partial charge in [-0.3, -0.25) is 29.1 Å². The summed E-state index contributed by atoms with van der Waals surface area (Å²) in [4.78, 5) is 42.0. The molecular weight excluding hydrogens is 354 g/mol. The van der Waals surface area contributed by atoms with Crippen molar-refractivity contribution in [3.63, 3.8) is 0 Å². The number of carbonyl (C=O) groups excluding carboxylic acids is 3. The molecule has 27 heavy (non-hydrogen) atoms. The van der Waals surface area contributed by atoms with Gasteiger partial charge in [-0.05, 0) is 20.8 Å². The molecule has 0 aliphatic carbocycles. The highest BCUT2D eigenvalue weighted by molar-refractivity contribution is 5.76. The van der Waals surface area contributed by atoms with E-state index in [1.807, 2.05) is 14.7 Å². The maximum Gasteiger partial charge on any atom is 0.322 e. The van der Waals surface area contributed by atoms with Gasteiger partial charge in [0.1, 0.15) is 18.1 Å². The summed E-state index contributed by atoms with van der Waals surface area (Å²) in [6.07, 6.45) is 0. The molecule has 1 fully saturated rings. The van der Waals surface area contributed by atoms with E-state index in [-0.39, 0.29) is 17.9 Å². The van der Waals surface area contributed by atoms with Crippen LogP contribution in [0.5, 0.6) is 0 Å². The molecule has 9 nitrogen and oxygen atoms in total. The maximum absolute atomic E-state index is 12.0. The minimum absolute atomic E-state index is 0.311. The van der Waals surface area contributed by atoms with Crippen LogP contribution in [0.1, 0.15) is 20.8 Å². The average molecular weight is 387 g/mol. The number of esters is 3. The zero-order chi connectivity index (χ0) is 20.6. The van der Waals surface area contributed by atoms with E-state index in [1.54, 1.807) is 20.8 Å². The Hall–Kier alpha value is -1.71. The van der Waals surface area contributed by atoms with Crippen LogP contribution in [0.2, 0.25) is 0 Å². The number of carbonyl (C=O) groups is 3. The Kier molecular flexibility index (Phi) is 9.68. The van der Waals surface area contributed by atoms with Crippen molar-refractivity contribution >= 4 is 17.9 Å². The Labute approximate surface area is 161 Å². The number of nitrogens with zero attached hydrogens (tertiary/aromatic N) is 3. The zero-order valence-corrected chi connectivity index (χ0v) is 17.3. The molecule has 0 saturated carbocycles. The summed E-state index contributed by atoms with van der Waals surface area (Å²) in [5, 5.41) is 0. The van der Waals surface area contributed by atoms with Crippen molar-refractivity contribution in [1.29, 1.82) is 0 Å². The average Bonchev–Trinajstić information content (AvgIpc) is 2.80. The third kappa shape index (κ3) is 6.44. The number of methoxy groups -OCH3 is 3. The predicted octanol–water partition coefficient (Wildman–Crippen LogP) is -0.409. The lowest BCUT2D eigenvalue weighted by molar-refractivity contribution is -0.148. The zero-order valence-electron chi connectivity index (χ0n) is 17.3. The molecular formula is C18H33N3O6. The lowest BCUT2D eigenvalue weighted by Crippen LogP contribution is -2.47. The van der Waals surface area contributed by atoms with Gasteiger partial charge in [-0.25, -0.2) is 0 Å². The predicted molar refractivity (Wildman–Crippen MR) is 99.2 cm³/mol. The first-order valence-corrected chi connectivity index (χ1v) is 9.22. The third-order valence-corrected chi connectivity index (χ3v) is 5.29. The van der Waals surface area contributed by atoms with Crippen LogP contribution in [-0.4, -0.2) is 111 Å². The number of ether oxygens (including phenoxy) is 3. The first-order chi connectivity index (χ1) is 12.8. The smallest absolute Gasteiger partial charge is 0.322 e. The molecule has 0 aromatic carbocycles. The molecule has 0 aromatic heterocycles. The van der Waals surface area contributed by atoms with Crippen molar-refractivity contribution < 1.29 is 28.6 Å². The molecule has 3 atom stereocenters. The molecule has 0 bridgehead atoms. The summed E-state index contributed by atoms with van der Waals surface area (Å²) in [7, 11) is 4.10. The van der Waals surface area contributed by atoms with Gasteiger partial charge in [0.15, 0.2) is 0 Å². The standard InChI is InChI=1S/C18H33N3O6/c1-13(16(22)25-4)19-7-9-20(14(2)17(23)26-5)11-12-21(10-8-19)15(3)18(24)27-6/h13-15H,7-12H2,1-6H3/t13-,14-,15-/m1/s1. The van der Waals surface area contributed by atoms with Gasteiger partial charge in [0.25, 0.3) is 0 Å². The van der Waals surface area contributed by atoms with Crippen molar-refractivity contribution in [2.24, 2.45) is 0 Å². The molecule has 156 valence electrons. The van der Waals surface area contributed by atoms with Crippen molar-refractivity contribution in [2.75, 3.05) is 60.6 Å². The third-order valence-electron chi connectivity index (χ3n) is 5.29. The van der Waals surface area contributed by atoms with Gasteiger partial charge in [0.2, 0.25) is 0 Å². The second-order valence-electron chi connectivity index (χ2n) is 6.71. The normalized spacial score (nSPS) is 21.1. The van der Waals surface area contributed by atoms with E-state index in [2.05, 4.69) is 0 Å². The van der Waals surface area contributed by atoms with Crippen molar-refractivity contribution in [1.82, 2.24) is 14.7 Å². The molecule has 0 amide bonds. The van der Waals surface area contributed by atoms with Crippen LogP contribution in [-0.2, 0) is 28.6 Å². The number of rotatable bonds is 6. The quantitative estimate of drug-likeness (QED) is 0.446. The lowest BCUT2D eigenvalue weighted by Gasteiger charge is -2.30. The van der Waals surface area contributed by atoms with Gasteiger partial charge in [0.05, 0.1) is 21.3 Å². The first-order valence-electron chi connectivity index (χ1n) is 9.22. The molecule has 1 saturated heterocycles. The summed E-state index contributed by atoms with van der Waals surface area (Å²) in [6, 6.07) is -1.25. The molecule has 0 aromatic rings. The van der Waals surface area contributed by atoms with Gasteiger partial charge in [-0.1, -0.05) is 0 Å². The summed E-state index contributed by atoms with van der Waals surface area (Å²) in [6.45, 7) is 8.96. The fourth-order valence-corrected chi connectivity index (χ4v) is 3.23. The van der Waals surface area contributed by atoms with Crippen molar-refractivity contribution in [2.45, 2.75) is 38.9 Å². The molecule has 0 unspecified atom stereocenters. The monoisotopic (exact) mass is 387 g/mol. The highest BCUT2D eigenvalue weighted by Gasteiger charge is 2.30. The van der Waals surface area contributed by atoms with Crippen LogP contribution >= 0.6 is 0 Å². The van der Waals surface area contributed by atoms with Crippen molar-refractivity contribution in [3.8, 4) is 0 Å². The van der Waals surface area contributed by atoms with Crippen LogP contribution in [0.25, 0.3) is 0 Å². The topological polar surface area (TPSA) is 88.6 Å². The summed E-state index contributed by atoms with van der Waals surface area (Å²) in [5.41, 5.74) is 0. The number of hydrogen-bond donors (Lipinski definition) is 0. The van der Waals surface area contributed by atoms with Gasteiger partial charge in [-0.15, -0.1) is 0 Å². The van der Waals surface area contributed by atoms with Gasteiger partial charge < -0.3 is 14.2 Å². The van der Waals surface area contributed by atoms with Gasteiger partial charge in [0, 0.05) is 39.3 Å².